The van der Waals surface area contributed by atoms with E-state index in [1.165, 1.54) is 0 Å². The Balaban J connectivity index is 2.54. The predicted molar refractivity (Wildman–Crippen MR) is 49.6 cm³/mol. The first-order valence-electron chi connectivity index (χ1n) is 4.00. The molecule has 1 aromatic carbocycles. The molecule has 1 N–H and O–H groups in total. The van der Waals surface area contributed by atoms with Crippen LogP contribution in [0.1, 0.15) is 10.4 Å². The Morgan fingerprint density at radius 2 is 2.23 bits per heavy atom. The maximum absolute atomic E-state index is 11.2. The SMILES string of the molecule is CNC(=O)c1ccc2ccoc2c1. The molecule has 13 heavy (non-hydrogen) atoms. The van der Waals surface area contributed by atoms with Crippen LogP contribution < -0.4 is 5.32 Å². The van der Waals surface area contributed by atoms with Crippen LogP contribution in [0.2, 0.25) is 0 Å². The molecule has 0 unspecified atom stereocenters. The van der Waals surface area contributed by atoms with E-state index in [1.54, 1.807) is 25.4 Å². The first-order chi connectivity index (χ1) is 6.31. The molecule has 0 spiro atoms. The second-order valence-corrected chi connectivity index (χ2v) is 2.75. The van der Waals surface area contributed by atoms with E-state index < -0.39 is 0 Å². The fourth-order valence-corrected chi connectivity index (χ4v) is 1.24. The zero-order valence-electron chi connectivity index (χ0n) is 7.20. The molecule has 3 heteroatoms. The maximum Gasteiger partial charge on any atom is 0.251 e. The van der Waals surface area contributed by atoms with Crippen molar-refractivity contribution in [1.82, 2.24) is 5.32 Å². The van der Waals surface area contributed by atoms with Gasteiger partial charge in [0, 0.05) is 18.0 Å². The third-order valence-corrected chi connectivity index (χ3v) is 1.95. The molecule has 0 fully saturated rings. The van der Waals surface area contributed by atoms with Gasteiger partial charge in [-0.25, -0.2) is 0 Å². The van der Waals surface area contributed by atoms with E-state index in [9.17, 15) is 4.79 Å². The lowest BCUT2D eigenvalue weighted by molar-refractivity contribution is 0.0963. The minimum atomic E-state index is -0.0988. The Hall–Kier alpha value is -1.77. The van der Waals surface area contributed by atoms with Gasteiger partial charge in [-0.1, -0.05) is 6.07 Å². The van der Waals surface area contributed by atoms with Gasteiger partial charge in [-0.05, 0) is 18.2 Å². The summed E-state index contributed by atoms with van der Waals surface area (Å²) in [6, 6.07) is 7.23. The van der Waals surface area contributed by atoms with E-state index in [0.29, 0.717) is 5.56 Å². The van der Waals surface area contributed by atoms with Crippen molar-refractivity contribution in [2.24, 2.45) is 0 Å². The fraction of sp³-hybridized carbons (Fsp3) is 0.100. The average molecular weight is 175 g/mol. The van der Waals surface area contributed by atoms with Gasteiger partial charge in [0.25, 0.3) is 5.91 Å². The standard InChI is InChI=1S/C10H9NO2/c1-11-10(12)8-3-2-7-4-5-13-9(7)6-8/h2-6H,1H3,(H,11,12). The number of nitrogens with one attached hydrogen (secondary N) is 1. The minimum Gasteiger partial charge on any atom is -0.464 e. The highest BCUT2D eigenvalue weighted by Gasteiger charge is 2.04. The molecule has 1 aromatic heterocycles. The summed E-state index contributed by atoms with van der Waals surface area (Å²) in [6.45, 7) is 0. The van der Waals surface area contributed by atoms with Crippen LogP contribution in [0.5, 0.6) is 0 Å². The molecule has 2 rings (SSSR count). The zero-order chi connectivity index (χ0) is 9.26. The van der Waals surface area contributed by atoms with E-state index in [0.717, 1.165) is 11.0 Å². The van der Waals surface area contributed by atoms with Crippen molar-refractivity contribution in [2.75, 3.05) is 7.05 Å². The molecule has 0 aliphatic rings. The van der Waals surface area contributed by atoms with Gasteiger partial charge in [0.15, 0.2) is 0 Å². The van der Waals surface area contributed by atoms with E-state index in [1.807, 2.05) is 12.1 Å². The van der Waals surface area contributed by atoms with E-state index >= 15 is 0 Å². The van der Waals surface area contributed by atoms with Gasteiger partial charge in [0.05, 0.1) is 6.26 Å². The van der Waals surface area contributed by atoms with Crippen molar-refractivity contribution in [3.05, 3.63) is 36.1 Å². The summed E-state index contributed by atoms with van der Waals surface area (Å²) in [7, 11) is 1.61. The van der Waals surface area contributed by atoms with E-state index in [4.69, 9.17) is 4.42 Å². The number of hydrogen-bond acceptors (Lipinski definition) is 2. The van der Waals surface area contributed by atoms with Crippen molar-refractivity contribution in [2.45, 2.75) is 0 Å². The third-order valence-electron chi connectivity index (χ3n) is 1.95. The molecule has 1 heterocycles. The average Bonchev–Trinajstić information content (AvgIpc) is 2.63. The van der Waals surface area contributed by atoms with Crippen molar-refractivity contribution < 1.29 is 9.21 Å². The number of carbonyl (C=O) groups excluding carboxylic acids is 1. The second kappa shape index (κ2) is 2.94. The van der Waals surface area contributed by atoms with Gasteiger partial charge in [0.1, 0.15) is 5.58 Å². The molecular formula is C10H9NO2. The molecule has 0 bridgehead atoms. The normalized spacial score (nSPS) is 10.2. The lowest BCUT2D eigenvalue weighted by Gasteiger charge is -1.97. The number of furan rings is 1. The Kier molecular flexibility index (Phi) is 1.77. The van der Waals surface area contributed by atoms with Gasteiger partial charge in [0.2, 0.25) is 0 Å². The van der Waals surface area contributed by atoms with Crippen LogP contribution in [-0.2, 0) is 0 Å². The molecule has 1 amide bonds. The van der Waals surface area contributed by atoms with Crippen LogP contribution in [0.15, 0.2) is 34.9 Å². The van der Waals surface area contributed by atoms with Crippen LogP contribution >= 0.6 is 0 Å². The molecule has 66 valence electrons. The van der Waals surface area contributed by atoms with Crippen LogP contribution in [0.3, 0.4) is 0 Å². The summed E-state index contributed by atoms with van der Waals surface area (Å²) >= 11 is 0. The summed E-state index contributed by atoms with van der Waals surface area (Å²) < 4.78 is 5.17. The molecule has 0 saturated heterocycles. The lowest BCUT2D eigenvalue weighted by atomic mass is 10.1. The number of carbonyl (C=O) groups is 1. The molecule has 0 aliphatic carbocycles. The summed E-state index contributed by atoms with van der Waals surface area (Å²) in [6.07, 6.45) is 1.61. The number of benzene rings is 1. The van der Waals surface area contributed by atoms with E-state index in [2.05, 4.69) is 5.32 Å². The number of fused-ring (bicyclic) bond motifs is 1. The highest BCUT2D eigenvalue weighted by Crippen LogP contribution is 2.16. The first kappa shape index (κ1) is 7.86. The number of rotatable bonds is 1. The van der Waals surface area contributed by atoms with Crippen molar-refractivity contribution in [1.29, 1.82) is 0 Å². The number of hydrogen-bond donors (Lipinski definition) is 1. The lowest BCUT2D eigenvalue weighted by Crippen LogP contribution is -2.17. The van der Waals surface area contributed by atoms with Gasteiger partial charge < -0.3 is 9.73 Å². The van der Waals surface area contributed by atoms with Crippen LogP contribution in [0, 0.1) is 0 Å². The van der Waals surface area contributed by atoms with Gasteiger partial charge in [-0.3, -0.25) is 4.79 Å². The summed E-state index contributed by atoms with van der Waals surface area (Å²) in [5, 5.41) is 3.56. The fourth-order valence-electron chi connectivity index (χ4n) is 1.24. The van der Waals surface area contributed by atoms with Gasteiger partial charge in [-0.15, -0.1) is 0 Å². The van der Waals surface area contributed by atoms with Crippen LogP contribution in [0.4, 0.5) is 0 Å². The molecule has 3 nitrogen and oxygen atoms in total. The smallest absolute Gasteiger partial charge is 0.251 e. The van der Waals surface area contributed by atoms with Gasteiger partial charge >= 0.3 is 0 Å². The van der Waals surface area contributed by atoms with Crippen LogP contribution in [0.25, 0.3) is 11.0 Å². The van der Waals surface area contributed by atoms with Crippen molar-refractivity contribution in [3.63, 3.8) is 0 Å². The highest BCUT2D eigenvalue weighted by atomic mass is 16.3. The quantitative estimate of drug-likeness (QED) is 0.718. The third kappa shape index (κ3) is 1.28. The summed E-state index contributed by atoms with van der Waals surface area (Å²) in [5.74, 6) is -0.0988. The summed E-state index contributed by atoms with van der Waals surface area (Å²) in [5.41, 5.74) is 1.35. The minimum absolute atomic E-state index is 0.0988. The van der Waals surface area contributed by atoms with E-state index in [-0.39, 0.29) is 5.91 Å². The van der Waals surface area contributed by atoms with Crippen LogP contribution in [-0.4, -0.2) is 13.0 Å². The predicted octanol–water partition coefficient (Wildman–Crippen LogP) is 1.79. The van der Waals surface area contributed by atoms with Crippen molar-refractivity contribution in [3.8, 4) is 0 Å². The Morgan fingerprint density at radius 1 is 1.38 bits per heavy atom. The number of amides is 1. The Bertz CT molecular complexity index is 445. The zero-order valence-corrected chi connectivity index (χ0v) is 7.20. The second-order valence-electron chi connectivity index (χ2n) is 2.75. The molecule has 0 atom stereocenters. The maximum atomic E-state index is 11.2. The van der Waals surface area contributed by atoms with Gasteiger partial charge in [-0.2, -0.15) is 0 Å². The highest BCUT2D eigenvalue weighted by molar-refractivity contribution is 5.97. The first-order valence-corrected chi connectivity index (χ1v) is 4.00. The summed E-state index contributed by atoms with van der Waals surface area (Å²) in [4.78, 5) is 11.2. The Morgan fingerprint density at radius 3 is 3.00 bits per heavy atom. The molecule has 0 saturated carbocycles. The molecular weight excluding hydrogens is 166 g/mol. The molecule has 0 aliphatic heterocycles. The topological polar surface area (TPSA) is 42.2 Å². The monoisotopic (exact) mass is 175 g/mol. The van der Waals surface area contributed by atoms with Crippen molar-refractivity contribution >= 4 is 16.9 Å². The Labute approximate surface area is 75.3 Å². The largest absolute Gasteiger partial charge is 0.464 e. The molecule has 2 aromatic rings. The molecule has 0 radical (unpaired) electrons.